The Labute approximate surface area is 176 Å². The first kappa shape index (κ1) is 27.3. The van der Waals surface area contributed by atoms with E-state index in [0.29, 0.717) is 5.78 Å². The smallest absolute Gasteiger partial charge is 0.132 e. The molecule has 0 saturated heterocycles. The van der Waals surface area contributed by atoms with E-state index in [1.807, 2.05) is 0 Å². The summed E-state index contributed by atoms with van der Waals surface area (Å²) in [7, 11) is 0. The maximum Gasteiger partial charge on any atom is 0.132 e. The van der Waals surface area contributed by atoms with E-state index in [-0.39, 0.29) is 0 Å². The fourth-order valence-electron chi connectivity index (χ4n) is 3.90. The topological polar surface area (TPSA) is 34.1 Å². The van der Waals surface area contributed by atoms with Crippen molar-refractivity contribution in [1.29, 1.82) is 0 Å². The molecule has 0 saturated carbocycles. The molecule has 0 unspecified atom stereocenters. The summed E-state index contributed by atoms with van der Waals surface area (Å²) in [5, 5.41) is 0. The molecule has 0 aromatic carbocycles. The van der Waals surface area contributed by atoms with Crippen molar-refractivity contribution in [2.45, 2.75) is 155 Å². The van der Waals surface area contributed by atoms with Crippen LogP contribution in [-0.2, 0) is 9.59 Å². The Morgan fingerprint density at radius 3 is 1.18 bits per heavy atom. The van der Waals surface area contributed by atoms with Crippen molar-refractivity contribution in [3.05, 3.63) is 0 Å². The molecule has 2 heteroatoms. The minimum Gasteiger partial charge on any atom is -0.303 e. The van der Waals surface area contributed by atoms with Crippen LogP contribution in [0.2, 0.25) is 0 Å². The van der Waals surface area contributed by atoms with Gasteiger partial charge in [0.1, 0.15) is 12.1 Å². The lowest BCUT2D eigenvalue weighted by Crippen LogP contribution is -1.97. The van der Waals surface area contributed by atoms with Crippen molar-refractivity contribution in [3.8, 4) is 0 Å². The second kappa shape index (κ2) is 24.4. The average molecular weight is 395 g/mol. The molecule has 0 amide bonds. The van der Waals surface area contributed by atoms with Gasteiger partial charge in [0.25, 0.3) is 0 Å². The number of Topliss-reactive ketones (excluding diaryl/α,β-unsaturated/α-hetero) is 1. The van der Waals surface area contributed by atoms with E-state index in [4.69, 9.17) is 0 Å². The zero-order chi connectivity index (χ0) is 20.5. The number of carbonyl (C=O) groups excluding carboxylic acids is 2. The van der Waals surface area contributed by atoms with Crippen molar-refractivity contribution in [1.82, 2.24) is 0 Å². The highest BCUT2D eigenvalue weighted by atomic mass is 16.1. The fourth-order valence-corrected chi connectivity index (χ4v) is 3.90. The van der Waals surface area contributed by atoms with Crippen LogP contribution < -0.4 is 0 Å². The zero-order valence-electron chi connectivity index (χ0n) is 19.2. The first-order valence-corrected chi connectivity index (χ1v) is 12.8. The van der Waals surface area contributed by atoms with Crippen molar-refractivity contribution in [2.24, 2.45) is 0 Å². The van der Waals surface area contributed by atoms with Gasteiger partial charge in [-0.2, -0.15) is 0 Å². The highest BCUT2D eigenvalue weighted by Crippen LogP contribution is 2.14. The zero-order valence-corrected chi connectivity index (χ0v) is 19.2. The lowest BCUT2D eigenvalue weighted by molar-refractivity contribution is -0.119. The summed E-state index contributed by atoms with van der Waals surface area (Å²) < 4.78 is 0. The molecular weight excluding hydrogens is 344 g/mol. The number of hydrogen-bond donors (Lipinski definition) is 0. The summed E-state index contributed by atoms with van der Waals surface area (Å²) in [4.78, 5) is 22.2. The molecule has 0 aliphatic rings. The van der Waals surface area contributed by atoms with Crippen LogP contribution in [0.4, 0.5) is 0 Å². The summed E-state index contributed by atoms with van der Waals surface area (Å²) in [6, 6.07) is 0. The molecule has 0 aromatic rings. The van der Waals surface area contributed by atoms with E-state index in [1.54, 1.807) is 0 Å². The van der Waals surface area contributed by atoms with Crippen LogP contribution in [0.25, 0.3) is 0 Å². The van der Waals surface area contributed by atoms with Crippen molar-refractivity contribution in [2.75, 3.05) is 0 Å². The number of unbranched alkanes of at least 4 members (excludes halogenated alkanes) is 19. The lowest BCUT2D eigenvalue weighted by atomic mass is 10.0. The standard InChI is InChI=1S/C26H50O2/c1-2-3-4-5-6-11-14-17-20-23-26(28)24-21-18-15-12-9-7-8-10-13-16-19-22-25-27/h25H,2-24H2,1H3. The SMILES string of the molecule is CCCCCCCCCCCC(=O)CCCCCCCCCCCCCC=O. The molecule has 0 rings (SSSR count). The van der Waals surface area contributed by atoms with Gasteiger partial charge in [0.15, 0.2) is 0 Å². The Hall–Kier alpha value is -0.660. The Bertz CT molecular complexity index is 324. The Kier molecular flexibility index (Phi) is 23.8. The van der Waals surface area contributed by atoms with Gasteiger partial charge in [-0.25, -0.2) is 0 Å². The van der Waals surface area contributed by atoms with Crippen LogP contribution in [0.15, 0.2) is 0 Å². The van der Waals surface area contributed by atoms with Crippen molar-refractivity contribution in [3.63, 3.8) is 0 Å². The van der Waals surface area contributed by atoms with Crippen LogP contribution in [0.5, 0.6) is 0 Å². The van der Waals surface area contributed by atoms with Gasteiger partial charge >= 0.3 is 0 Å². The maximum atomic E-state index is 11.9. The van der Waals surface area contributed by atoms with Crippen LogP contribution in [0, 0.1) is 0 Å². The first-order chi connectivity index (χ1) is 13.8. The molecular formula is C26H50O2. The normalized spacial score (nSPS) is 11.0. The molecule has 0 aromatic heterocycles. The van der Waals surface area contributed by atoms with E-state index in [0.717, 1.165) is 44.8 Å². The van der Waals surface area contributed by atoms with Gasteiger partial charge in [0.05, 0.1) is 0 Å². The molecule has 0 aliphatic heterocycles. The van der Waals surface area contributed by atoms with Crippen molar-refractivity contribution >= 4 is 12.1 Å². The minimum absolute atomic E-state index is 0.498. The Balaban J connectivity index is 3.14. The van der Waals surface area contributed by atoms with Gasteiger partial charge in [-0.15, -0.1) is 0 Å². The summed E-state index contributed by atoms with van der Waals surface area (Å²) >= 11 is 0. The Morgan fingerprint density at radius 2 is 0.821 bits per heavy atom. The number of hydrogen-bond acceptors (Lipinski definition) is 2. The van der Waals surface area contributed by atoms with Crippen LogP contribution >= 0.6 is 0 Å². The molecule has 2 nitrogen and oxygen atoms in total. The second-order valence-corrected chi connectivity index (χ2v) is 8.71. The van der Waals surface area contributed by atoms with E-state index >= 15 is 0 Å². The number of carbonyl (C=O) groups is 2. The monoisotopic (exact) mass is 394 g/mol. The predicted octanol–water partition coefficient (Wildman–Crippen LogP) is 8.75. The molecule has 0 fully saturated rings. The van der Waals surface area contributed by atoms with Crippen LogP contribution in [0.3, 0.4) is 0 Å². The number of aldehydes is 1. The van der Waals surface area contributed by atoms with Gasteiger partial charge in [-0.3, -0.25) is 4.79 Å². The molecule has 0 spiro atoms. The summed E-state index contributed by atoms with van der Waals surface area (Å²) in [6.07, 6.45) is 29.3. The first-order valence-electron chi connectivity index (χ1n) is 12.8. The molecule has 0 aliphatic carbocycles. The summed E-state index contributed by atoms with van der Waals surface area (Å²) in [5.41, 5.74) is 0. The van der Waals surface area contributed by atoms with E-state index < -0.39 is 0 Å². The average Bonchev–Trinajstić information content (AvgIpc) is 2.70. The third-order valence-electron chi connectivity index (χ3n) is 5.84. The lowest BCUT2D eigenvalue weighted by Gasteiger charge is -2.04. The third kappa shape index (κ3) is 23.4. The molecule has 0 radical (unpaired) electrons. The quantitative estimate of drug-likeness (QED) is 0.121. The van der Waals surface area contributed by atoms with Gasteiger partial charge in [0.2, 0.25) is 0 Å². The van der Waals surface area contributed by atoms with Gasteiger partial charge in [-0.1, -0.05) is 116 Å². The minimum atomic E-state index is 0.498. The molecule has 0 atom stereocenters. The third-order valence-corrected chi connectivity index (χ3v) is 5.84. The molecule has 0 N–H and O–H groups in total. The summed E-state index contributed by atoms with van der Waals surface area (Å²) in [6.45, 7) is 2.27. The predicted molar refractivity (Wildman–Crippen MR) is 123 cm³/mol. The van der Waals surface area contributed by atoms with E-state index in [1.165, 1.54) is 109 Å². The second-order valence-electron chi connectivity index (χ2n) is 8.71. The van der Waals surface area contributed by atoms with E-state index in [2.05, 4.69) is 6.92 Å². The summed E-state index contributed by atoms with van der Waals surface area (Å²) in [5.74, 6) is 0.498. The largest absolute Gasteiger partial charge is 0.303 e. The number of ketones is 1. The van der Waals surface area contributed by atoms with Crippen LogP contribution in [-0.4, -0.2) is 12.1 Å². The highest BCUT2D eigenvalue weighted by Gasteiger charge is 2.02. The van der Waals surface area contributed by atoms with Gasteiger partial charge < -0.3 is 4.79 Å². The van der Waals surface area contributed by atoms with Crippen molar-refractivity contribution < 1.29 is 9.59 Å². The molecule has 0 bridgehead atoms. The molecule has 166 valence electrons. The molecule has 0 heterocycles. The van der Waals surface area contributed by atoms with Crippen LogP contribution in [0.1, 0.15) is 155 Å². The van der Waals surface area contributed by atoms with Gasteiger partial charge in [-0.05, 0) is 19.3 Å². The number of rotatable bonds is 24. The van der Waals surface area contributed by atoms with Gasteiger partial charge in [0, 0.05) is 19.3 Å². The highest BCUT2D eigenvalue weighted by molar-refractivity contribution is 5.78. The molecule has 28 heavy (non-hydrogen) atoms. The maximum absolute atomic E-state index is 11.9. The Morgan fingerprint density at radius 1 is 0.500 bits per heavy atom. The van der Waals surface area contributed by atoms with E-state index in [9.17, 15) is 9.59 Å². The fraction of sp³-hybridized carbons (Fsp3) is 0.923.